The number of nitrogens with one attached hydrogen (secondary N) is 1. The monoisotopic (exact) mass is 460 g/mol. The Hall–Kier alpha value is -2.37. The molecule has 0 unspecified atom stereocenters. The molecule has 0 bridgehead atoms. The van der Waals surface area contributed by atoms with Gasteiger partial charge in [-0.25, -0.2) is 4.98 Å². The zero-order chi connectivity index (χ0) is 23.7. The summed E-state index contributed by atoms with van der Waals surface area (Å²) in [5.74, 6) is 1.32. The van der Waals surface area contributed by atoms with Crippen LogP contribution in [0.5, 0.6) is 5.88 Å². The van der Waals surface area contributed by atoms with Crippen LogP contribution in [0.25, 0.3) is 22.2 Å². The van der Waals surface area contributed by atoms with E-state index in [1.165, 1.54) is 79.6 Å². The van der Waals surface area contributed by atoms with Gasteiger partial charge in [0.25, 0.3) is 0 Å². The predicted molar refractivity (Wildman–Crippen MR) is 141 cm³/mol. The summed E-state index contributed by atoms with van der Waals surface area (Å²) in [5.41, 5.74) is 6.45. The molecule has 0 atom stereocenters. The third kappa shape index (κ3) is 4.60. The number of hydrogen-bond donors (Lipinski definition) is 1. The third-order valence-corrected chi connectivity index (χ3v) is 8.26. The molecule has 5 nitrogen and oxygen atoms in total. The van der Waals surface area contributed by atoms with Crippen molar-refractivity contribution in [2.75, 3.05) is 33.3 Å². The number of methoxy groups -OCH3 is 1. The number of rotatable bonds is 6. The van der Waals surface area contributed by atoms with Crippen LogP contribution >= 0.6 is 0 Å². The van der Waals surface area contributed by atoms with Crippen LogP contribution in [-0.4, -0.2) is 65.1 Å². The standard InChI is InChI=1S/C29H40N4O/c1-5-25-26-18-22(6-7-27(26)31-29(25)23-8-13-30-28(19-23)34-4)21-9-14-33(15-10-21)24-11-16-32(17-12-24)20(2)3/h6-8,13,18-21,24,31H,5,9-12,14-17H2,1-4H3. The van der Waals surface area contributed by atoms with E-state index >= 15 is 0 Å². The molecule has 182 valence electrons. The SMILES string of the molecule is CCc1c(-c2ccnc(OC)c2)[nH]c2ccc(C3CCN(C4CCN(C(C)C)CC4)CC3)cc12. The molecule has 34 heavy (non-hydrogen) atoms. The zero-order valence-corrected chi connectivity index (χ0v) is 21.3. The van der Waals surface area contributed by atoms with E-state index in [-0.39, 0.29) is 0 Å². The van der Waals surface area contributed by atoms with Gasteiger partial charge in [0.05, 0.1) is 7.11 Å². The smallest absolute Gasteiger partial charge is 0.213 e. The first-order valence-electron chi connectivity index (χ1n) is 13.2. The number of piperidine rings is 2. The van der Waals surface area contributed by atoms with Crippen LogP contribution in [0.2, 0.25) is 0 Å². The summed E-state index contributed by atoms with van der Waals surface area (Å²) in [6, 6.07) is 12.7. The molecule has 2 aliphatic heterocycles. The third-order valence-electron chi connectivity index (χ3n) is 8.26. The molecular weight excluding hydrogens is 420 g/mol. The highest BCUT2D eigenvalue weighted by molar-refractivity contribution is 5.91. The normalized spacial score (nSPS) is 19.3. The van der Waals surface area contributed by atoms with Crippen LogP contribution in [0, 0.1) is 0 Å². The lowest BCUT2D eigenvalue weighted by Crippen LogP contribution is -2.48. The summed E-state index contributed by atoms with van der Waals surface area (Å²) >= 11 is 0. The van der Waals surface area contributed by atoms with Crippen molar-refractivity contribution < 1.29 is 4.74 Å². The van der Waals surface area contributed by atoms with Gasteiger partial charge in [-0.15, -0.1) is 0 Å². The van der Waals surface area contributed by atoms with Crippen molar-refractivity contribution in [1.29, 1.82) is 0 Å². The van der Waals surface area contributed by atoms with Gasteiger partial charge < -0.3 is 19.5 Å². The van der Waals surface area contributed by atoms with Crippen LogP contribution in [0.3, 0.4) is 0 Å². The Bertz CT molecular complexity index is 1100. The van der Waals surface area contributed by atoms with Crippen molar-refractivity contribution in [3.8, 4) is 17.1 Å². The fourth-order valence-electron chi connectivity index (χ4n) is 6.17. The minimum absolute atomic E-state index is 0.653. The van der Waals surface area contributed by atoms with Gasteiger partial charge in [-0.2, -0.15) is 0 Å². The molecule has 0 aliphatic carbocycles. The molecule has 4 heterocycles. The average Bonchev–Trinajstić information content (AvgIpc) is 3.27. The van der Waals surface area contributed by atoms with Gasteiger partial charge in [-0.05, 0) is 107 Å². The van der Waals surface area contributed by atoms with E-state index in [4.69, 9.17) is 4.74 Å². The van der Waals surface area contributed by atoms with Crippen molar-refractivity contribution in [2.24, 2.45) is 0 Å². The highest BCUT2D eigenvalue weighted by atomic mass is 16.5. The van der Waals surface area contributed by atoms with Gasteiger partial charge in [0.1, 0.15) is 0 Å². The lowest BCUT2D eigenvalue weighted by atomic mass is 9.87. The van der Waals surface area contributed by atoms with Crippen molar-refractivity contribution >= 4 is 10.9 Å². The minimum Gasteiger partial charge on any atom is -0.481 e. The number of aromatic amines is 1. The number of hydrogen-bond acceptors (Lipinski definition) is 4. The minimum atomic E-state index is 0.653. The first kappa shape index (κ1) is 23.4. The van der Waals surface area contributed by atoms with Crippen LogP contribution in [0.4, 0.5) is 0 Å². The van der Waals surface area contributed by atoms with Gasteiger partial charge >= 0.3 is 0 Å². The van der Waals surface area contributed by atoms with E-state index < -0.39 is 0 Å². The summed E-state index contributed by atoms with van der Waals surface area (Å²) in [7, 11) is 1.67. The van der Waals surface area contributed by atoms with Crippen LogP contribution in [0.15, 0.2) is 36.5 Å². The summed E-state index contributed by atoms with van der Waals surface area (Å²) in [6.45, 7) is 11.9. The maximum atomic E-state index is 5.36. The van der Waals surface area contributed by atoms with E-state index in [1.807, 2.05) is 12.3 Å². The Labute approximate surface area is 204 Å². The van der Waals surface area contributed by atoms with Gasteiger partial charge in [0.2, 0.25) is 5.88 Å². The molecule has 5 rings (SSSR count). The van der Waals surface area contributed by atoms with E-state index in [0.717, 1.165) is 18.0 Å². The number of aryl methyl sites for hydroxylation is 1. The lowest BCUT2D eigenvalue weighted by molar-refractivity contribution is 0.0753. The number of benzene rings is 1. The fraction of sp³-hybridized carbons (Fsp3) is 0.552. The number of likely N-dealkylation sites (tertiary alicyclic amines) is 2. The number of aromatic nitrogens is 2. The van der Waals surface area contributed by atoms with Crippen molar-refractivity contribution in [1.82, 2.24) is 19.8 Å². The largest absolute Gasteiger partial charge is 0.481 e. The summed E-state index contributed by atoms with van der Waals surface area (Å²) < 4.78 is 5.36. The molecule has 1 N–H and O–H groups in total. The molecule has 2 fully saturated rings. The first-order valence-corrected chi connectivity index (χ1v) is 13.2. The van der Waals surface area contributed by atoms with E-state index in [0.29, 0.717) is 17.8 Å². The molecule has 0 radical (unpaired) electrons. The topological polar surface area (TPSA) is 44.4 Å². The highest BCUT2D eigenvalue weighted by Crippen LogP contribution is 2.36. The number of H-pyrrole nitrogens is 1. The second kappa shape index (κ2) is 10.1. The number of pyridine rings is 1. The Morgan fingerprint density at radius 1 is 1.03 bits per heavy atom. The molecule has 0 amide bonds. The molecule has 0 saturated carbocycles. The number of ether oxygens (including phenoxy) is 1. The summed E-state index contributed by atoms with van der Waals surface area (Å²) in [4.78, 5) is 13.4. The van der Waals surface area contributed by atoms with Crippen LogP contribution in [-0.2, 0) is 6.42 Å². The van der Waals surface area contributed by atoms with Crippen molar-refractivity contribution in [3.05, 3.63) is 47.7 Å². The van der Waals surface area contributed by atoms with E-state index in [2.05, 4.69) is 64.8 Å². The molecule has 5 heteroatoms. The number of fused-ring (bicyclic) bond motifs is 1. The fourth-order valence-corrected chi connectivity index (χ4v) is 6.17. The Kier molecular flexibility index (Phi) is 6.94. The van der Waals surface area contributed by atoms with Crippen molar-refractivity contribution in [3.63, 3.8) is 0 Å². The van der Waals surface area contributed by atoms with Crippen LogP contribution in [0.1, 0.15) is 63.5 Å². The second-order valence-corrected chi connectivity index (χ2v) is 10.4. The van der Waals surface area contributed by atoms with Crippen molar-refractivity contribution in [2.45, 2.75) is 70.9 Å². The van der Waals surface area contributed by atoms with Gasteiger partial charge in [-0.3, -0.25) is 0 Å². The zero-order valence-electron chi connectivity index (χ0n) is 21.3. The molecule has 3 aromatic rings. The first-order chi connectivity index (χ1) is 16.6. The van der Waals surface area contributed by atoms with E-state index in [9.17, 15) is 0 Å². The Morgan fingerprint density at radius 2 is 1.79 bits per heavy atom. The van der Waals surface area contributed by atoms with Gasteiger partial charge in [0, 0.05) is 46.5 Å². The number of nitrogens with zero attached hydrogens (tertiary/aromatic N) is 3. The second-order valence-electron chi connectivity index (χ2n) is 10.4. The molecule has 1 aromatic carbocycles. The van der Waals surface area contributed by atoms with Gasteiger partial charge in [-0.1, -0.05) is 13.0 Å². The summed E-state index contributed by atoms with van der Waals surface area (Å²) in [5, 5.41) is 1.37. The van der Waals surface area contributed by atoms with Crippen LogP contribution < -0.4 is 4.74 Å². The van der Waals surface area contributed by atoms with Gasteiger partial charge in [0.15, 0.2) is 0 Å². The molecule has 2 aliphatic rings. The molecule has 2 aromatic heterocycles. The van der Waals surface area contributed by atoms with E-state index in [1.54, 1.807) is 7.11 Å². The lowest BCUT2D eigenvalue weighted by Gasteiger charge is -2.43. The molecule has 2 saturated heterocycles. The maximum absolute atomic E-state index is 5.36. The predicted octanol–water partition coefficient (Wildman–Crippen LogP) is 5.85. The maximum Gasteiger partial charge on any atom is 0.213 e. The highest BCUT2D eigenvalue weighted by Gasteiger charge is 2.29. The quantitative estimate of drug-likeness (QED) is 0.501. The summed E-state index contributed by atoms with van der Waals surface area (Å²) in [6.07, 6.45) is 8.04. The Morgan fingerprint density at radius 3 is 2.47 bits per heavy atom. The molecule has 0 spiro atoms. The average molecular weight is 461 g/mol. The molecular formula is C29H40N4O. The Balaban J connectivity index is 1.30.